The van der Waals surface area contributed by atoms with Crippen LogP contribution in [0.1, 0.15) is 44.9 Å². The van der Waals surface area contributed by atoms with Gasteiger partial charge in [0, 0.05) is 17.8 Å². The maximum absolute atomic E-state index is 12.5. The Hall–Kier alpha value is -2.57. The molecule has 0 spiro atoms. The van der Waals surface area contributed by atoms with E-state index >= 15 is 0 Å². The van der Waals surface area contributed by atoms with Gasteiger partial charge in [-0.1, -0.05) is 19.3 Å². The number of ether oxygens (including phenoxy) is 1. The molecule has 7 heteroatoms. The van der Waals surface area contributed by atoms with Crippen molar-refractivity contribution in [3.8, 4) is 0 Å². The number of cyclic esters (lactones) is 1. The second-order valence-electron chi connectivity index (χ2n) is 7.17. The predicted octanol–water partition coefficient (Wildman–Crippen LogP) is 3.40. The minimum Gasteiger partial charge on any atom is -0.481 e. The van der Waals surface area contributed by atoms with E-state index in [2.05, 4.69) is 5.32 Å². The monoisotopic (exact) mass is 360 g/mol. The number of aliphatic carboxylic acids is 1. The van der Waals surface area contributed by atoms with E-state index in [9.17, 15) is 19.5 Å². The van der Waals surface area contributed by atoms with Crippen molar-refractivity contribution in [1.29, 1.82) is 0 Å². The van der Waals surface area contributed by atoms with Crippen molar-refractivity contribution in [3.63, 3.8) is 0 Å². The molecule has 1 heterocycles. The second kappa shape index (κ2) is 7.76. The molecule has 0 unspecified atom stereocenters. The highest BCUT2D eigenvalue weighted by Gasteiger charge is 2.36. The van der Waals surface area contributed by atoms with Crippen LogP contribution in [0.2, 0.25) is 0 Å². The van der Waals surface area contributed by atoms with Crippen molar-refractivity contribution in [2.75, 3.05) is 23.4 Å². The number of benzene rings is 1. The van der Waals surface area contributed by atoms with Crippen LogP contribution in [0.15, 0.2) is 24.3 Å². The Balaban J connectivity index is 1.61. The van der Waals surface area contributed by atoms with Gasteiger partial charge in [-0.3, -0.25) is 14.5 Å². The molecule has 0 aromatic heterocycles. The number of anilines is 2. The number of amides is 2. The lowest BCUT2D eigenvalue weighted by Crippen LogP contribution is -2.32. The minimum absolute atomic E-state index is 0.0381. The third-order valence-electron chi connectivity index (χ3n) is 5.20. The normalized spacial score (nSPS) is 19.1. The number of carbonyl (C=O) groups excluding carboxylic acids is 2. The first-order valence-corrected chi connectivity index (χ1v) is 9.03. The lowest BCUT2D eigenvalue weighted by atomic mass is 9.69. The van der Waals surface area contributed by atoms with Gasteiger partial charge in [0.15, 0.2) is 0 Å². The van der Waals surface area contributed by atoms with Gasteiger partial charge in [-0.05, 0) is 42.5 Å². The van der Waals surface area contributed by atoms with E-state index in [0.717, 1.165) is 37.8 Å². The Morgan fingerprint density at radius 1 is 1.12 bits per heavy atom. The molecule has 1 aliphatic heterocycles. The number of nitrogens with zero attached hydrogens (tertiary/aromatic N) is 1. The first-order valence-electron chi connectivity index (χ1n) is 9.03. The number of nitrogens with one attached hydrogen (secondary N) is 1. The summed E-state index contributed by atoms with van der Waals surface area (Å²) in [7, 11) is 0. The quantitative estimate of drug-likeness (QED) is 0.810. The number of rotatable bonds is 6. The van der Waals surface area contributed by atoms with Gasteiger partial charge in [-0.25, -0.2) is 4.79 Å². The molecule has 1 aromatic carbocycles. The van der Waals surface area contributed by atoms with Crippen molar-refractivity contribution in [1.82, 2.24) is 0 Å². The van der Waals surface area contributed by atoms with E-state index in [-0.39, 0.29) is 24.8 Å². The summed E-state index contributed by atoms with van der Waals surface area (Å²) in [6, 6.07) is 7.00. The zero-order valence-electron chi connectivity index (χ0n) is 14.7. The van der Waals surface area contributed by atoms with Crippen molar-refractivity contribution >= 4 is 29.3 Å². The molecule has 2 N–H and O–H groups in total. The molecule has 3 rings (SSSR count). The second-order valence-corrected chi connectivity index (χ2v) is 7.17. The third kappa shape index (κ3) is 4.33. The Labute approximate surface area is 152 Å². The van der Waals surface area contributed by atoms with Gasteiger partial charge in [0.25, 0.3) is 0 Å². The standard InChI is InChI=1S/C19H24N2O5/c22-16(12-19(13-17(23)24)8-2-1-3-9-19)20-14-4-6-15(7-5-14)21-10-11-26-18(21)25/h4-7H,1-3,8-13H2,(H,20,22)(H,23,24). The largest absolute Gasteiger partial charge is 0.481 e. The van der Waals surface area contributed by atoms with Gasteiger partial charge < -0.3 is 15.2 Å². The van der Waals surface area contributed by atoms with Gasteiger partial charge in [0.2, 0.25) is 5.91 Å². The molecule has 0 radical (unpaired) electrons. The molecular formula is C19H24N2O5. The smallest absolute Gasteiger partial charge is 0.414 e. The summed E-state index contributed by atoms with van der Waals surface area (Å²) < 4.78 is 4.91. The first-order chi connectivity index (χ1) is 12.5. The highest BCUT2D eigenvalue weighted by molar-refractivity contribution is 5.93. The van der Waals surface area contributed by atoms with Crippen LogP contribution in [0.25, 0.3) is 0 Å². The van der Waals surface area contributed by atoms with Crippen LogP contribution in [-0.4, -0.2) is 36.2 Å². The fourth-order valence-corrected chi connectivity index (χ4v) is 3.94. The number of hydrogen-bond donors (Lipinski definition) is 2. The molecule has 0 atom stereocenters. The van der Waals surface area contributed by atoms with E-state index in [1.807, 2.05) is 0 Å². The topological polar surface area (TPSA) is 95.9 Å². The molecule has 2 fully saturated rings. The van der Waals surface area contributed by atoms with Gasteiger partial charge in [-0.2, -0.15) is 0 Å². The molecule has 1 saturated carbocycles. The van der Waals surface area contributed by atoms with E-state index in [0.29, 0.717) is 18.8 Å². The summed E-state index contributed by atoms with van der Waals surface area (Å²) in [5.41, 5.74) is 0.917. The maximum atomic E-state index is 12.5. The summed E-state index contributed by atoms with van der Waals surface area (Å²) in [5.74, 6) is -1.01. The summed E-state index contributed by atoms with van der Waals surface area (Å²) in [6.07, 6.45) is 4.50. The Kier molecular flexibility index (Phi) is 5.44. The van der Waals surface area contributed by atoms with E-state index in [1.165, 1.54) is 4.90 Å². The fraction of sp³-hybridized carbons (Fsp3) is 0.526. The average molecular weight is 360 g/mol. The van der Waals surface area contributed by atoms with Crippen molar-refractivity contribution < 1.29 is 24.2 Å². The Morgan fingerprint density at radius 2 is 1.81 bits per heavy atom. The summed E-state index contributed by atoms with van der Waals surface area (Å²) >= 11 is 0. The van der Waals surface area contributed by atoms with Crippen LogP contribution >= 0.6 is 0 Å². The highest BCUT2D eigenvalue weighted by atomic mass is 16.6. The fourth-order valence-electron chi connectivity index (χ4n) is 3.94. The van der Waals surface area contributed by atoms with Crippen LogP contribution < -0.4 is 10.2 Å². The lowest BCUT2D eigenvalue weighted by molar-refractivity contribution is -0.140. The molecule has 26 heavy (non-hydrogen) atoms. The molecule has 140 valence electrons. The van der Waals surface area contributed by atoms with Crippen molar-refractivity contribution in [2.24, 2.45) is 5.41 Å². The van der Waals surface area contributed by atoms with E-state index in [1.54, 1.807) is 24.3 Å². The molecule has 1 aliphatic carbocycles. The molecule has 7 nitrogen and oxygen atoms in total. The van der Waals surface area contributed by atoms with E-state index < -0.39 is 11.4 Å². The average Bonchev–Trinajstić information content (AvgIpc) is 3.01. The van der Waals surface area contributed by atoms with Crippen molar-refractivity contribution in [2.45, 2.75) is 44.9 Å². The highest BCUT2D eigenvalue weighted by Crippen LogP contribution is 2.42. The molecule has 2 amide bonds. The maximum Gasteiger partial charge on any atom is 0.414 e. The zero-order chi connectivity index (χ0) is 18.6. The Morgan fingerprint density at radius 3 is 2.38 bits per heavy atom. The molecule has 0 bridgehead atoms. The van der Waals surface area contributed by atoms with Gasteiger partial charge in [0.1, 0.15) is 6.61 Å². The third-order valence-corrected chi connectivity index (χ3v) is 5.20. The van der Waals surface area contributed by atoms with Crippen LogP contribution in [-0.2, 0) is 14.3 Å². The number of carboxylic acid groups (broad SMARTS) is 1. The zero-order valence-corrected chi connectivity index (χ0v) is 14.7. The molecular weight excluding hydrogens is 336 g/mol. The summed E-state index contributed by atoms with van der Waals surface area (Å²) in [4.78, 5) is 36.8. The van der Waals surface area contributed by atoms with Gasteiger partial charge in [0.05, 0.1) is 13.0 Å². The first kappa shape index (κ1) is 18.2. The van der Waals surface area contributed by atoms with Crippen LogP contribution in [0.3, 0.4) is 0 Å². The van der Waals surface area contributed by atoms with Crippen LogP contribution in [0, 0.1) is 5.41 Å². The van der Waals surface area contributed by atoms with Crippen LogP contribution in [0.5, 0.6) is 0 Å². The predicted molar refractivity (Wildman–Crippen MR) is 96.2 cm³/mol. The van der Waals surface area contributed by atoms with Gasteiger partial charge in [-0.15, -0.1) is 0 Å². The van der Waals surface area contributed by atoms with Gasteiger partial charge >= 0.3 is 12.1 Å². The Bertz CT molecular complexity index is 680. The lowest BCUT2D eigenvalue weighted by Gasteiger charge is -2.35. The molecule has 1 saturated heterocycles. The van der Waals surface area contributed by atoms with E-state index in [4.69, 9.17) is 4.74 Å². The number of carbonyl (C=O) groups is 3. The van der Waals surface area contributed by atoms with Crippen LogP contribution in [0.4, 0.5) is 16.2 Å². The summed E-state index contributed by atoms with van der Waals surface area (Å²) in [6.45, 7) is 0.894. The molecule has 2 aliphatic rings. The number of carboxylic acids is 1. The SMILES string of the molecule is O=C(O)CC1(CC(=O)Nc2ccc(N3CCOC3=O)cc2)CCCCC1. The number of hydrogen-bond acceptors (Lipinski definition) is 4. The summed E-state index contributed by atoms with van der Waals surface area (Å²) in [5, 5.41) is 12.1. The van der Waals surface area contributed by atoms with Crippen molar-refractivity contribution in [3.05, 3.63) is 24.3 Å². The molecule has 1 aromatic rings. The minimum atomic E-state index is -0.846.